The van der Waals surface area contributed by atoms with E-state index in [1.165, 1.54) is 12.1 Å². The van der Waals surface area contributed by atoms with Gasteiger partial charge in [-0.3, -0.25) is 4.55 Å². The van der Waals surface area contributed by atoms with E-state index in [0.717, 1.165) is 46.4 Å². The quantitative estimate of drug-likeness (QED) is 0.199. The molecule has 4 atom stereocenters. The molecule has 4 unspecified atom stereocenters. The van der Waals surface area contributed by atoms with Crippen LogP contribution in [0.5, 0.6) is 5.75 Å². The molecule has 3 aromatic carbocycles. The van der Waals surface area contributed by atoms with Crippen LogP contribution in [0.3, 0.4) is 0 Å². The summed E-state index contributed by atoms with van der Waals surface area (Å²) < 4.78 is 76.2. The Hall–Kier alpha value is -2.50. The average molecular weight is 580 g/mol. The van der Waals surface area contributed by atoms with Gasteiger partial charge in [0.05, 0.1) is 23.6 Å². The molecule has 1 N–H and O–H groups in total. The van der Waals surface area contributed by atoms with Crippen molar-refractivity contribution in [3.8, 4) is 5.75 Å². The second-order valence-corrected chi connectivity index (χ2v) is 13.1. The molecule has 3 aromatic rings. The van der Waals surface area contributed by atoms with Gasteiger partial charge in [0.1, 0.15) is 5.75 Å². The third kappa shape index (κ3) is 6.63. The zero-order valence-electron chi connectivity index (χ0n) is 22.0. The van der Waals surface area contributed by atoms with Crippen LogP contribution in [0.25, 0.3) is 0 Å². The Morgan fingerprint density at radius 1 is 1.03 bits per heavy atom. The molecule has 1 heterocycles. The summed E-state index contributed by atoms with van der Waals surface area (Å²) >= 11 is 0. The van der Waals surface area contributed by atoms with Crippen LogP contribution in [0.1, 0.15) is 45.6 Å². The average Bonchev–Trinajstić information content (AvgIpc) is 3.31. The first kappa shape index (κ1) is 29.5. The van der Waals surface area contributed by atoms with Crippen LogP contribution in [0, 0.1) is 0 Å². The third-order valence-corrected chi connectivity index (χ3v) is 9.85. The first-order valence-electron chi connectivity index (χ1n) is 12.8. The topological polar surface area (TPSA) is 82.1 Å². The Bertz CT molecular complexity index is 1330. The number of unbranched alkanes of at least 4 members (excludes halogenated alkanes) is 1. The van der Waals surface area contributed by atoms with Gasteiger partial charge in [-0.05, 0) is 80.9 Å². The van der Waals surface area contributed by atoms with Gasteiger partial charge in [-0.25, -0.2) is 0 Å². The molecule has 10 heteroatoms. The van der Waals surface area contributed by atoms with Crippen LogP contribution in [0.15, 0.2) is 93.5 Å². The molecule has 1 aliphatic rings. The highest BCUT2D eigenvalue weighted by atomic mass is 32.2. The number of hydrogen-bond donors (Lipinski definition) is 1. The Kier molecular flexibility index (Phi) is 9.02. The molecule has 1 aliphatic heterocycles. The summed E-state index contributed by atoms with van der Waals surface area (Å²) in [6.45, 7) is 5.55. The maximum atomic E-state index is 13.9. The third-order valence-electron chi connectivity index (χ3n) is 6.60. The van der Waals surface area contributed by atoms with Crippen LogP contribution in [-0.4, -0.2) is 37.0 Å². The van der Waals surface area contributed by atoms with Gasteiger partial charge in [0.2, 0.25) is 0 Å². The van der Waals surface area contributed by atoms with E-state index in [1.807, 2.05) is 61.5 Å². The summed E-state index contributed by atoms with van der Waals surface area (Å²) in [5.41, 5.74) is 0.930. The monoisotopic (exact) mass is 579 g/mol. The molecule has 0 bridgehead atoms. The van der Waals surface area contributed by atoms with E-state index in [1.54, 1.807) is 12.1 Å². The van der Waals surface area contributed by atoms with Crippen LogP contribution in [0.4, 0.5) is 8.78 Å². The van der Waals surface area contributed by atoms with Gasteiger partial charge in [0, 0.05) is 5.56 Å². The van der Waals surface area contributed by atoms with Gasteiger partial charge >= 0.3 is 15.4 Å². The highest BCUT2D eigenvalue weighted by molar-refractivity contribution is 7.97. The number of ether oxygens (including phenoxy) is 3. The van der Waals surface area contributed by atoms with Crippen molar-refractivity contribution < 1.29 is 36.0 Å². The van der Waals surface area contributed by atoms with Crippen LogP contribution in [0.2, 0.25) is 0 Å². The minimum atomic E-state index is -5.61. The molecule has 0 aliphatic carbocycles. The number of halogens is 2. The number of rotatable bonds is 11. The number of benzene rings is 3. The van der Waals surface area contributed by atoms with E-state index in [9.17, 15) is 17.2 Å². The molecule has 4 rings (SSSR count). The van der Waals surface area contributed by atoms with Gasteiger partial charge in [-0.15, -0.1) is 0 Å². The number of hydrogen-bond acceptors (Lipinski definition) is 5. The van der Waals surface area contributed by atoms with E-state index in [-0.39, 0.29) is 11.9 Å². The molecule has 0 radical (unpaired) electrons. The maximum Gasteiger partial charge on any atom is 0.405 e. The Balaban J connectivity index is 1.57. The molecule has 0 amide bonds. The van der Waals surface area contributed by atoms with Gasteiger partial charge in [0.25, 0.3) is 0 Å². The fourth-order valence-corrected chi connectivity index (χ4v) is 6.89. The van der Waals surface area contributed by atoms with Crippen molar-refractivity contribution in [3.63, 3.8) is 0 Å². The minimum Gasteiger partial charge on any atom is -0.483 e. The lowest BCUT2D eigenvalue weighted by Gasteiger charge is -2.24. The zero-order valence-corrected chi connectivity index (χ0v) is 23.7. The van der Waals surface area contributed by atoms with E-state index in [0.29, 0.717) is 6.61 Å². The fourth-order valence-electron chi connectivity index (χ4n) is 4.36. The van der Waals surface area contributed by atoms with Crippen molar-refractivity contribution in [2.45, 2.75) is 78.0 Å². The molecule has 0 saturated carbocycles. The van der Waals surface area contributed by atoms with Crippen molar-refractivity contribution in [1.82, 2.24) is 0 Å². The van der Waals surface area contributed by atoms with Crippen molar-refractivity contribution in [2.75, 3.05) is 6.61 Å². The van der Waals surface area contributed by atoms with Gasteiger partial charge in [0.15, 0.2) is 26.6 Å². The fraction of sp³-hybridized carbons (Fsp3) is 0.379. The molecule has 6 nitrogen and oxygen atoms in total. The largest absolute Gasteiger partial charge is 0.483 e. The van der Waals surface area contributed by atoms with Gasteiger partial charge in [-0.2, -0.15) is 17.2 Å². The summed E-state index contributed by atoms with van der Waals surface area (Å²) in [5.74, 6) is -0.746. The summed E-state index contributed by atoms with van der Waals surface area (Å²) in [7, 11) is -6.13. The second-order valence-electron chi connectivity index (χ2n) is 9.55. The molecule has 210 valence electrons. The van der Waals surface area contributed by atoms with E-state index < -0.39 is 38.2 Å². The normalized spacial score (nSPS) is 21.4. The Morgan fingerprint density at radius 2 is 1.59 bits per heavy atom. The lowest BCUT2D eigenvalue weighted by atomic mass is 10.1. The summed E-state index contributed by atoms with van der Waals surface area (Å²) in [6.07, 6.45) is 1.16. The van der Waals surface area contributed by atoms with Crippen molar-refractivity contribution in [1.29, 1.82) is 0 Å². The van der Waals surface area contributed by atoms with Crippen LogP contribution >= 0.6 is 0 Å². The van der Waals surface area contributed by atoms with Crippen molar-refractivity contribution in [2.24, 2.45) is 0 Å². The molecule has 0 spiro atoms. The summed E-state index contributed by atoms with van der Waals surface area (Å²) in [4.78, 5) is 3.01. The molecule has 39 heavy (non-hydrogen) atoms. The van der Waals surface area contributed by atoms with Crippen molar-refractivity contribution in [3.05, 3.63) is 84.4 Å². The maximum absolute atomic E-state index is 13.9. The summed E-state index contributed by atoms with van der Waals surface area (Å²) in [6, 6.07) is 24.6. The van der Waals surface area contributed by atoms with Gasteiger partial charge < -0.3 is 14.2 Å². The zero-order chi connectivity index (χ0) is 28.3. The first-order chi connectivity index (χ1) is 18.4. The predicted molar refractivity (Wildman–Crippen MR) is 146 cm³/mol. The molecule has 0 aromatic heterocycles. The molecular formula is C29H33F2O6S2+. The highest BCUT2D eigenvalue weighted by Crippen LogP contribution is 2.38. The first-order valence-corrected chi connectivity index (χ1v) is 15.4. The van der Waals surface area contributed by atoms with Crippen LogP contribution < -0.4 is 4.74 Å². The van der Waals surface area contributed by atoms with Gasteiger partial charge in [-0.1, -0.05) is 38.0 Å². The molecule has 1 fully saturated rings. The number of alkyl halides is 2. The SMILES string of the molecule is CCCCC1COC(C)(c2ccc([S+](c3ccccc3)c3ccc(OC(C)C(F)(F)S(=O)(=O)O)cc3)cc2)O1. The minimum absolute atomic E-state index is 0.0580. The second kappa shape index (κ2) is 11.9. The molecular weight excluding hydrogens is 546 g/mol. The highest BCUT2D eigenvalue weighted by Gasteiger charge is 2.51. The Labute approximate surface area is 231 Å². The lowest BCUT2D eigenvalue weighted by Crippen LogP contribution is -2.42. The lowest BCUT2D eigenvalue weighted by molar-refractivity contribution is -0.162. The molecule has 1 saturated heterocycles. The Morgan fingerprint density at radius 3 is 2.15 bits per heavy atom. The van der Waals surface area contributed by atoms with E-state index >= 15 is 0 Å². The van der Waals surface area contributed by atoms with Crippen LogP contribution in [-0.2, 0) is 36.3 Å². The van der Waals surface area contributed by atoms with E-state index in [4.69, 9.17) is 18.8 Å². The van der Waals surface area contributed by atoms with Crippen molar-refractivity contribution >= 4 is 21.0 Å². The summed E-state index contributed by atoms with van der Waals surface area (Å²) in [5, 5.41) is -4.44. The predicted octanol–water partition coefficient (Wildman–Crippen LogP) is 6.81. The smallest absolute Gasteiger partial charge is 0.405 e. The van der Waals surface area contributed by atoms with E-state index in [2.05, 4.69) is 6.92 Å². The standard InChI is InChI=1S/C29H32F2O6S2/c1-4-5-9-24-20-35-28(3,37-24)22-12-16-26(17-13-22)38(25-10-7-6-8-11-25)27-18-14-23(15-19-27)36-21(2)29(30,31)39(32,33)34/h6-8,10-19,21,24H,4-5,9,20H2,1-3H3/p+1.